The number of benzene rings is 2. The number of hydrogen-bond acceptors (Lipinski definition) is 6. The van der Waals surface area contributed by atoms with Gasteiger partial charge in [-0.15, -0.1) is 0 Å². The summed E-state index contributed by atoms with van der Waals surface area (Å²) in [5.41, 5.74) is -1.09. The molecule has 1 unspecified atom stereocenters. The number of halogens is 3. The number of carbonyl (C=O) groups is 2. The van der Waals surface area contributed by atoms with Crippen molar-refractivity contribution in [3.05, 3.63) is 69.8 Å². The number of aliphatic hydroxyl groups is 1. The molecule has 1 atom stereocenters. The summed E-state index contributed by atoms with van der Waals surface area (Å²) < 4.78 is 42.1. The van der Waals surface area contributed by atoms with Crippen LogP contribution in [-0.4, -0.2) is 60.6 Å². The maximum absolute atomic E-state index is 13.6. The monoisotopic (exact) mass is 530 g/mol. The van der Waals surface area contributed by atoms with E-state index in [0.717, 1.165) is 29.5 Å². The highest BCUT2D eigenvalue weighted by Crippen LogP contribution is 2.35. The molecule has 192 valence electrons. The van der Waals surface area contributed by atoms with E-state index in [1.54, 1.807) is 25.3 Å². The minimum atomic E-state index is -4.72. The van der Waals surface area contributed by atoms with Crippen LogP contribution in [-0.2, 0) is 12.7 Å². The first-order chi connectivity index (χ1) is 17.4. The van der Waals surface area contributed by atoms with Crippen LogP contribution < -0.4 is 0 Å². The minimum Gasteiger partial charge on any atom is -0.478 e. The number of carbonyl (C=O) groups excluding carboxylic acids is 1. The van der Waals surface area contributed by atoms with E-state index in [-0.39, 0.29) is 17.3 Å². The summed E-state index contributed by atoms with van der Waals surface area (Å²) >= 11 is 1.00. The number of aromatic nitrogens is 2. The van der Waals surface area contributed by atoms with Gasteiger partial charge in [-0.1, -0.05) is 12.1 Å². The highest BCUT2D eigenvalue weighted by molar-refractivity contribution is 8.18. The van der Waals surface area contributed by atoms with E-state index in [1.807, 2.05) is 17.0 Å². The molecule has 1 fully saturated rings. The highest BCUT2D eigenvalue weighted by atomic mass is 32.2. The van der Waals surface area contributed by atoms with E-state index in [4.69, 9.17) is 5.11 Å². The molecule has 1 aromatic heterocycles. The Bertz CT molecular complexity index is 1490. The molecule has 8 nitrogen and oxygen atoms in total. The number of fused-ring (bicyclic) bond motifs is 1. The molecule has 5 rings (SSSR count). The van der Waals surface area contributed by atoms with Crippen LogP contribution in [0.3, 0.4) is 0 Å². The number of likely N-dealkylation sites (tertiary alicyclic amines) is 1. The number of aromatic carboxylic acids is 1. The molecule has 0 bridgehead atoms. The average Bonchev–Trinajstić information content (AvgIpc) is 3.48. The molecule has 0 radical (unpaired) electrons. The van der Waals surface area contributed by atoms with Crippen LogP contribution in [0, 0.1) is 0 Å². The van der Waals surface area contributed by atoms with Crippen molar-refractivity contribution in [3.8, 4) is 0 Å². The number of aliphatic imine (C=N–C) groups is 1. The van der Waals surface area contributed by atoms with Crippen LogP contribution >= 0.6 is 11.8 Å². The summed E-state index contributed by atoms with van der Waals surface area (Å²) in [6, 6.07) is 8.25. The molecule has 12 heteroatoms. The second kappa shape index (κ2) is 9.03. The fourth-order valence-electron chi connectivity index (χ4n) is 4.45. The number of rotatable bonds is 4. The number of β-amino-alcohol motifs (C(OH)–C–C–N with tert-alkyl or cyclic N) is 1. The van der Waals surface area contributed by atoms with Crippen molar-refractivity contribution in [2.45, 2.75) is 31.7 Å². The van der Waals surface area contributed by atoms with E-state index >= 15 is 0 Å². The molecule has 0 spiro atoms. The van der Waals surface area contributed by atoms with Crippen LogP contribution in [0.2, 0.25) is 0 Å². The van der Waals surface area contributed by atoms with Crippen LogP contribution in [0.1, 0.15) is 40.4 Å². The fourth-order valence-corrected chi connectivity index (χ4v) is 5.24. The number of amidine groups is 1. The molecule has 2 aliphatic rings. The van der Waals surface area contributed by atoms with Crippen molar-refractivity contribution in [2.75, 3.05) is 13.1 Å². The van der Waals surface area contributed by atoms with Crippen molar-refractivity contribution in [1.82, 2.24) is 14.7 Å². The zero-order valence-electron chi connectivity index (χ0n) is 19.5. The summed E-state index contributed by atoms with van der Waals surface area (Å²) in [7, 11) is 0. The topological polar surface area (TPSA) is 108 Å². The van der Waals surface area contributed by atoms with Gasteiger partial charge in [-0.2, -0.15) is 23.3 Å². The van der Waals surface area contributed by atoms with Gasteiger partial charge >= 0.3 is 17.4 Å². The van der Waals surface area contributed by atoms with E-state index in [2.05, 4.69) is 10.1 Å². The maximum Gasteiger partial charge on any atom is 0.416 e. The number of amides is 1. The molecule has 2 aliphatic heterocycles. The molecular weight excluding hydrogens is 509 g/mol. The average molecular weight is 531 g/mol. The van der Waals surface area contributed by atoms with Gasteiger partial charge < -0.3 is 15.1 Å². The van der Waals surface area contributed by atoms with Gasteiger partial charge in [-0.05, 0) is 66.6 Å². The predicted octanol–water partition coefficient (Wildman–Crippen LogP) is 4.86. The third-order valence-corrected chi connectivity index (χ3v) is 7.02. The van der Waals surface area contributed by atoms with Crippen molar-refractivity contribution < 1.29 is 33.0 Å². The van der Waals surface area contributed by atoms with Gasteiger partial charge in [0.05, 0.1) is 33.7 Å². The van der Waals surface area contributed by atoms with Crippen molar-refractivity contribution >= 4 is 45.8 Å². The Kier molecular flexibility index (Phi) is 6.11. The van der Waals surface area contributed by atoms with Crippen molar-refractivity contribution in [3.63, 3.8) is 0 Å². The largest absolute Gasteiger partial charge is 0.478 e. The Morgan fingerprint density at radius 1 is 1.24 bits per heavy atom. The number of thioether (sulfide) groups is 1. The van der Waals surface area contributed by atoms with Gasteiger partial charge in [0, 0.05) is 24.7 Å². The second-order valence-electron chi connectivity index (χ2n) is 9.30. The summed E-state index contributed by atoms with van der Waals surface area (Å²) in [6.45, 7) is 2.49. The van der Waals surface area contributed by atoms with Crippen LogP contribution in [0.25, 0.3) is 17.0 Å². The zero-order valence-corrected chi connectivity index (χ0v) is 20.3. The van der Waals surface area contributed by atoms with E-state index in [0.29, 0.717) is 47.2 Å². The molecule has 2 aromatic carbocycles. The second-order valence-corrected chi connectivity index (χ2v) is 10.3. The Hall–Kier alpha value is -3.64. The van der Waals surface area contributed by atoms with Gasteiger partial charge in [-0.3, -0.25) is 9.48 Å². The highest BCUT2D eigenvalue weighted by Gasteiger charge is 2.37. The molecule has 0 saturated carbocycles. The Labute approximate surface area is 213 Å². The van der Waals surface area contributed by atoms with E-state index < -0.39 is 28.9 Å². The third kappa shape index (κ3) is 5.25. The van der Waals surface area contributed by atoms with Crippen LogP contribution in [0.15, 0.2) is 52.5 Å². The molecule has 1 amide bonds. The van der Waals surface area contributed by atoms with Gasteiger partial charge in [0.1, 0.15) is 5.84 Å². The maximum atomic E-state index is 13.6. The number of alkyl halides is 3. The quantitative estimate of drug-likeness (QED) is 0.496. The lowest BCUT2D eigenvalue weighted by Gasteiger charge is -2.20. The van der Waals surface area contributed by atoms with Crippen molar-refractivity contribution in [1.29, 1.82) is 0 Å². The summed E-state index contributed by atoms with van der Waals surface area (Å²) in [4.78, 5) is 29.8. The van der Waals surface area contributed by atoms with Gasteiger partial charge in [0.15, 0.2) is 0 Å². The summed E-state index contributed by atoms with van der Waals surface area (Å²) in [5, 5.41) is 24.1. The molecule has 3 aromatic rings. The van der Waals surface area contributed by atoms with Crippen LogP contribution in [0.4, 0.5) is 18.0 Å². The molecule has 0 aliphatic carbocycles. The first-order valence-corrected chi connectivity index (χ1v) is 12.1. The van der Waals surface area contributed by atoms with Gasteiger partial charge in [0.25, 0.3) is 0 Å². The minimum absolute atomic E-state index is 0.101. The summed E-state index contributed by atoms with van der Waals surface area (Å²) in [6.07, 6.45) is -0.726. The third-order valence-electron chi connectivity index (χ3n) is 6.23. The Balaban J connectivity index is 1.42. The normalized spacial score (nSPS) is 21.3. The molecule has 1 saturated heterocycles. The number of carboxylic acid groups (broad SMARTS) is 1. The van der Waals surface area contributed by atoms with Crippen molar-refractivity contribution in [2.24, 2.45) is 4.99 Å². The molecular formula is C25H21F3N4O4S. The van der Waals surface area contributed by atoms with E-state index in [1.165, 1.54) is 4.68 Å². The van der Waals surface area contributed by atoms with Gasteiger partial charge in [0.2, 0.25) is 0 Å². The first-order valence-electron chi connectivity index (χ1n) is 11.3. The lowest BCUT2D eigenvalue weighted by molar-refractivity contribution is -0.138. The lowest BCUT2D eigenvalue weighted by Crippen LogP contribution is -2.33. The first kappa shape index (κ1) is 25.0. The number of nitrogens with zero attached hydrogens (tertiary/aromatic N) is 4. The predicted molar refractivity (Wildman–Crippen MR) is 132 cm³/mol. The lowest BCUT2D eigenvalue weighted by atomic mass is 10.0. The Morgan fingerprint density at radius 2 is 2.03 bits per heavy atom. The summed E-state index contributed by atoms with van der Waals surface area (Å²) in [5.74, 6) is -0.915. The molecule has 3 heterocycles. The molecule has 2 N–H and O–H groups in total. The van der Waals surface area contributed by atoms with Gasteiger partial charge in [-0.25, -0.2) is 4.79 Å². The van der Waals surface area contributed by atoms with E-state index in [9.17, 15) is 27.9 Å². The smallest absolute Gasteiger partial charge is 0.416 e. The Morgan fingerprint density at radius 3 is 2.70 bits per heavy atom. The SMILES string of the molecule is CC1(O)CCN(C2=NC(=O)S/C2=C\c2ccc3nn(Cc4ccc(C(=O)O)cc4C(F)(F)F)cc3c2)C1. The number of carboxylic acids is 1. The zero-order chi connectivity index (χ0) is 26.5. The number of hydrogen-bond donors (Lipinski definition) is 2. The van der Waals surface area contributed by atoms with Crippen LogP contribution in [0.5, 0.6) is 0 Å². The molecule has 37 heavy (non-hydrogen) atoms. The fraction of sp³-hybridized carbons (Fsp3) is 0.280. The standard InChI is InChI=1S/C25H21F3N4O4S/c1-24(36)6-7-31(13-24)21-20(37-23(35)29-21)9-14-2-5-19-17(8-14)12-32(30-19)11-16-4-3-15(22(33)34)10-18(16)25(26,27)28/h2-5,8-10,12,36H,6-7,11,13H2,1H3,(H,33,34)/b20-9-.